The average molecular weight is 501 g/mol. The van der Waals surface area contributed by atoms with Gasteiger partial charge in [0.05, 0.1) is 5.75 Å². The first-order valence-corrected chi connectivity index (χ1v) is 13.0. The number of carbonyl (C=O) groups is 1. The summed E-state index contributed by atoms with van der Waals surface area (Å²) in [5.41, 5.74) is 2.17. The number of fused-ring (bicyclic) bond motifs is 1. The number of hydrogen-bond donors (Lipinski definition) is 1. The highest BCUT2D eigenvalue weighted by Crippen LogP contribution is 2.36. The van der Waals surface area contributed by atoms with Gasteiger partial charge in [0, 0.05) is 11.7 Å². The number of aryl methyl sites for hydroxylation is 1. The summed E-state index contributed by atoms with van der Waals surface area (Å²) in [6, 6.07) is 27.8. The molecule has 1 aliphatic rings. The van der Waals surface area contributed by atoms with E-state index in [0.29, 0.717) is 29.1 Å². The number of para-hydroxylation sites is 3. The van der Waals surface area contributed by atoms with E-state index in [9.17, 15) is 4.79 Å². The van der Waals surface area contributed by atoms with Crippen LogP contribution < -0.4 is 14.8 Å². The molecule has 184 valence electrons. The van der Waals surface area contributed by atoms with E-state index >= 15 is 0 Å². The van der Waals surface area contributed by atoms with E-state index in [0.717, 1.165) is 18.5 Å². The van der Waals surface area contributed by atoms with Crippen molar-refractivity contribution < 1.29 is 14.3 Å². The largest absolute Gasteiger partial charge is 0.485 e. The van der Waals surface area contributed by atoms with Crippen molar-refractivity contribution in [2.75, 3.05) is 12.4 Å². The zero-order valence-electron chi connectivity index (χ0n) is 20.0. The fraction of sp³-hybridized carbons (Fsp3) is 0.250. The van der Waals surface area contributed by atoms with Crippen LogP contribution in [0.4, 0.5) is 0 Å². The Bertz CT molecular complexity index is 1300. The molecule has 0 saturated heterocycles. The van der Waals surface area contributed by atoms with Crippen LogP contribution in [-0.2, 0) is 11.2 Å². The van der Waals surface area contributed by atoms with Gasteiger partial charge in [-0.1, -0.05) is 72.4 Å². The van der Waals surface area contributed by atoms with Gasteiger partial charge in [0.25, 0.3) is 0 Å². The number of benzene rings is 3. The highest BCUT2D eigenvalue weighted by atomic mass is 32.2. The monoisotopic (exact) mass is 500 g/mol. The highest BCUT2D eigenvalue weighted by Gasteiger charge is 2.29. The van der Waals surface area contributed by atoms with Crippen molar-refractivity contribution >= 4 is 17.7 Å². The van der Waals surface area contributed by atoms with Crippen LogP contribution in [0.5, 0.6) is 11.5 Å². The maximum atomic E-state index is 12.7. The fourth-order valence-electron chi connectivity index (χ4n) is 4.10. The van der Waals surface area contributed by atoms with E-state index in [-0.39, 0.29) is 17.7 Å². The van der Waals surface area contributed by atoms with Crippen molar-refractivity contribution in [3.8, 4) is 17.2 Å². The third kappa shape index (κ3) is 5.71. The lowest BCUT2D eigenvalue weighted by atomic mass is 10.1. The number of carbonyl (C=O) groups excluding carboxylic acids is 1. The van der Waals surface area contributed by atoms with Crippen molar-refractivity contribution in [1.82, 2.24) is 20.1 Å². The first-order valence-electron chi connectivity index (χ1n) is 12.0. The lowest BCUT2D eigenvalue weighted by Crippen LogP contribution is -2.34. The highest BCUT2D eigenvalue weighted by molar-refractivity contribution is 7.99. The number of nitrogens with zero attached hydrogens (tertiary/aromatic N) is 3. The summed E-state index contributed by atoms with van der Waals surface area (Å²) in [5, 5.41) is 12.6. The molecular formula is C28H28N4O3S. The molecule has 0 bridgehead atoms. The average Bonchev–Trinajstić information content (AvgIpc) is 3.35. The molecule has 1 aliphatic heterocycles. The molecule has 36 heavy (non-hydrogen) atoms. The Hall–Kier alpha value is -3.78. The number of amides is 1. The molecule has 1 aromatic heterocycles. The normalized spacial score (nSPS) is 15.3. The molecule has 7 nitrogen and oxygen atoms in total. The topological polar surface area (TPSA) is 78.3 Å². The molecule has 0 fully saturated rings. The predicted molar refractivity (Wildman–Crippen MR) is 140 cm³/mol. The van der Waals surface area contributed by atoms with Gasteiger partial charge in [-0.15, -0.1) is 10.2 Å². The van der Waals surface area contributed by atoms with Crippen molar-refractivity contribution in [1.29, 1.82) is 0 Å². The van der Waals surface area contributed by atoms with E-state index in [1.807, 2.05) is 84.3 Å². The molecule has 0 aliphatic carbocycles. The molecular weight excluding hydrogens is 472 g/mol. The maximum Gasteiger partial charge on any atom is 0.230 e. The number of nitrogens with one attached hydrogen (secondary N) is 1. The van der Waals surface area contributed by atoms with Crippen molar-refractivity contribution in [3.05, 3.63) is 96.3 Å². The van der Waals surface area contributed by atoms with Crippen LogP contribution in [0.15, 0.2) is 90.1 Å². The number of hydrogen-bond acceptors (Lipinski definition) is 6. The molecule has 0 unspecified atom stereocenters. The van der Waals surface area contributed by atoms with E-state index in [2.05, 4.69) is 27.6 Å². The quantitative estimate of drug-likeness (QED) is 0.326. The standard InChI is InChI=1S/C28H28N4O3S/c1-20(16-17-21-10-4-2-5-11-21)29-26(33)19-36-28-31-30-27(32(28)22-12-6-3-7-13-22)25-18-34-23-14-8-9-15-24(23)35-25/h2-15,20,25H,16-19H2,1H3,(H,29,33)/t20-,25+/m0/s1. The number of rotatable bonds is 9. The molecule has 1 amide bonds. The Balaban J connectivity index is 1.26. The van der Waals surface area contributed by atoms with Crippen LogP contribution in [0.25, 0.3) is 5.69 Å². The molecule has 3 aromatic carbocycles. The summed E-state index contributed by atoms with van der Waals surface area (Å²) in [4.78, 5) is 12.7. The fourth-order valence-corrected chi connectivity index (χ4v) is 4.87. The van der Waals surface area contributed by atoms with Crippen LogP contribution in [0.1, 0.15) is 30.8 Å². The zero-order chi connectivity index (χ0) is 24.7. The molecule has 0 radical (unpaired) electrons. The van der Waals surface area contributed by atoms with Gasteiger partial charge in [-0.05, 0) is 49.6 Å². The van der Waals surface area contributed by atoms with Crippen molar-refractivity contribution in [2.45, 2.75) is 37.1 Å². The van der Waals surface area contributed by atoms with Gasteiger partial charge in [0.15, 0.2) is 28.6 Å². The first-order chi connectivity index (χ1) is 17.7. The maximum absolute atomic E-state index is 12.7. The van der Waals surface area contributed by atoms with E-state index in [1.165, 1.54) is 17.3 Å². The van der Waals surface area contributed by atoms with Gasteiger partial charge in [0.1, 0.15) is 6.61 Å². The van der Waals surface area contributed by atoms with Gasteiger partial charge in [0.2, 0.25) is 5.91 Å². The van der Waals surface area contributed by atoms with Crippen LogP contribution in [-0.4, -0.2) is 39.1 Å². The second-order valence-corrected chi connectivity index (χ2v) is 9.60. The van der Waals surface area contributed by atoms with Crippen molar-refractivity contribution in [3.63, 3.8) is 0 Å². The van der Waals surface area contributed by atoms with E-state index < -0.39 is 6.10 Å². The predicted octanol–water partition coefficient (Wildman–Crippen LogP) is 5.01. The molecule has 5 rings (SSSR count). The van der Waals surface area contributed by atoms with Gasteiger partial charge in [-0.2, -0.15) is 0 Å². The third-order valence-electron chi connectivity index (χ3n) is 5.92. The van der Waals surface area contributed by atoms with Crippen LogP contribution in [0, 0.1) is 0 Å². The summed E-state index contributed by atoms with van der Waals surface area (Å²) in [7, 11) is 0. The number of aromatic nitrogens is 3. The summed E-state index contributed by atoms with van der Waals surface area (Å²) >= 11 is 1.36. The van der Waals surface area contributed by atoms with Gasteiger partial charge in [-0.25, -0.2) is 0 Å². The molecule has 2 heterocycles. The van der Waals surface area contributed by atoms with Gasteiger partial charge in [-0.3, -0.25) is 9.36 Å². The van der Waals surface area contributed by atoms with Crippen LogP contribution >= 0.6 is 11.8 Å². The molecule has 0 saturated carbocycles. The molecule has 4 aromatic rings. The SMILES string of the molecule is C[C@@H](CCc1ccccc1)NC(=O)CSc1nnc([C@H]2COc3ccccc3O2)n1-c1ccccc1. The lowest BCUT2D eigenvalue weighted by Gasteiger charge is -2.26. The van der Waals surface area contributed by atoms with Gasteiger partial charge >= 0.3 is 0 Å². The zero-order valence-corrected chi connectivity index (χ0v) is 20.9. The number of ether oxygens (including phenoxy) is 2. The number of thioether (sulfide) groups is 1. The van der Waals surface area contributed by atoms with E-state index in [4.69, 9.17) is 9.47 Å². The molecule has 8 heteroatoms. The van der Waals surface area contributed by atoms with E-state index in [1.54, 1.807) is 0 Å². The Kier molecular flexibility index (Phi) is 7.52. The Morgan fingerprint density at radius 1 is 1.00 bits per heavy atom. The molecule has 0 spiro atoms. The summed E-state index contributed by atoms with van der Waals surface area (Å²) < 4.78 is 14.1. The van der Waals surface area contributed by atoms with Crippen molar-refractivity contribution in [2.24, 2.45) is 0 Å². The second-order valence-electron chi connectivity index (χ2n) is 8.66. The Morgan fingerprint density at radius 2 is 1.69 bits per heavy atom. The van der Waals surface area contributed by atoms with Crippen LogP contribution in [0.2, 0.25) is 0 Å². The summed E-state index contributed by atoms with van der Waals surface area (Å²) in [5.74, 6) is 2.23. The first kappa shape index (κ1) is 23.9. The van der Waals surface area contributed by atoms with Gasteiger partial charge < -0.3 is 14.8 Å². The van der Waals surface area contributed by atoms with Crippen LogP contribution in [0.3, 0.4) is 0 Å². The molecule has 2 atom stereocenters. The lowest BCUT2D eigenvalue weighted by molar-refractivity contribution is -0.119. The summed E-state index contributed by atoms with van der Waals surface area (Å²) in [6.45, 7) is 2.36. The minimum atomic E-state index is -0.422. The minimum absolute atomic E-state index is 0.0316. The summed E-state index contributed by atoms with van der Waals surface area (Å²) in [6.07, 6.45) is 1.38. The Morgan fingerprint density at radius 3 is 2.47 bits per heavy atom. The minimum Gasteiger partial charge on any atom is -0.485 e. The molecule has 1 N–H and O–H groups in total. The second kappa shape index (κ2) is 11.3. The smallest absolute Gasteiger partial charge is 0.230 e. The Labute approximate surface area is 214 Å². The third-order valence-corrected chi connectivity index (χ3v) is 6.85.